The molecule has 286 valence electrons. The lowest BCUT2D eigenvalue weighted by Crippen LogP contribution is -2.68. The average Bonchev–Trinajstić information content (AvgIpc) is 3.56. The Morgan fingerprint density at radius 1 is 1.06 bits per heavy atom. The van der Waals surface area contributed by atoms with Gasteiger partial charge in [0, 0.05) is 63.1 Å². The van der Waals surface area contributed by atoms with Gasteiger partial charge in [0.15, 0.2) is 5.78 Å². The molecule has 5 fully saturated rings. The van der Waals surface area contributed by atoms with Crippen molar-refractivity contribution in [3.63, 3.8) is 0 Å². The smallest absolute Gasteiger partial charge is 0.159 e. The highest BCUT2D eigenvalue weighted by atomic mass is 16.5. The Labute approximate surface area is 303 Å². The molecule has 1 spiro atoms. The fraction of sp³-hybridized carbons (Fsp3) is 0.875. The zero-order valence-electron chi connectivity index (χ0n) is 31.2. The van der Waals surface area contributed by atoms with Crippen molar-refractivity contribution in [1.82, 2.24) is 10.6 Å². The fourth-order valence-electron chi connectivity index (χ4n) is 12.4. The fourth-order valence-corrected chi connectivity index (χ4v) is 12.4. The first-order chi connectivity index (χ1) is 24.1. The zero-order chi connectivity index (χ0) is 36.6. The van der Waals surface area contributed by atoms with E-state index in [2.05, 4.69) is 29.4 Å². The van der Waals surface area contributed by atoms with Crippen LogP contribution in [0, 0.1) is 51.8 Å². The Kier molecular flexibility index (Phi) is 10.2. The molecule has 16 unspecified atom stereocenters. The summed E-state index contributed by atoms with van der Waals surface area (Å²) >= 11 is 0. The molecule has 0 aromatic rings. The first kappa shape index (κ1) is 37.9. The van der Waals surface area contributed by atoms with E-state index in [4.69, 9.17) is 14.2 Å². The molecule has 2 aliphatic heterocycles. The number of hydrogen-bond acceptors (Lipinski definition) is 11. The van der Waals surface area contributed by atoms with Crippen LogP contribution in [0.1, 0.15) is 91.9 Å². The minimum atomic E-state index is -1.82. The second kappa shape index (κ2) is 13.7. The van der Waals surface area contributed by atoms with E-state index in [0.717, 1.165) is 31.3 Å². The zero-order valence-corrected chi connectivity index (χ0v) is 31.2. The summed E-state index contributed by atoms with van der Waals surface area (Å²) in [5, 5.41) is 66.2. The van der Waals surface area contributed by atoms with Crippen LogP contribution in [0.3, 0.4) is 0 Å². The summed E-state index contributed by atoms with van der Waals surface area (Å²) in [5.74, 6) is 6.48. The van der Waals surface area contributed by atoms with Crippen LogP contribution in [0.2, 0.25) is 0 Å². The van der Waals surface area contributed by atoms with Gasteiger partial charge in [-0.3, -0.25) is 10.1 Å². The third kappa shape index (κ3) is 5.73. The average molecular weight is 715 g/mol. The molecule has 11 nitrogen and oxygen atoms in total. The number of nitrogens with one attached hydrogen (secondary N) is 2. The molecular weight excluding hydrogens is 652 g/mol. The number of carbonyl (C=O) groups is 1. The van der Waals surface area contributed by atoms with Crippen molar-refractivity contribution >= 4 is 5.78 Å². The number of ketones is 1. The van der Waals surface area contributed by atoms with Gasteiger partial charge in [0.25, 0.3) is 0 Å². The molecule has 3 saturated carbocycles. The number of hydrogen-bond donors (Lipinski definition) is 7. The number of allylic oxidation sites excluding steroid dienone is 1. The van der Waals surface area contributed by atoms with Gasteiger partial charge in [-0.25, -0.2) is 0 Å². The van der Waals surface area contributed by atoms with E-state index in [0.29, 0.717) is 64.8 Å². The third-order valence-corrected chi connectivity index (χ3v) is 15.3. The molecule has 2 saturated heterocycles. The van der Waals surface area contributed by atoms with Crippen LogP contribution in [0.4, 0.5) is 0 Å². The number of carbonyl (C=O) groups excluding carboxylic acids is 1. The molecule has 7 N–H and O–H groups in total. The molecule has 51 heavy (non-hydrogen) atoms. The van der Waals surface area contributed by atoms with Crippen LogP contribution in [0.5, 0.6) is 0 Å². The Balaban J connectivity index is 1.23. The Morgan fingerprint density at radius 2 is 1.84 bits per heavy atom. The molecule has 3 bridgehead atoms. The van der Waals surface area contributed by atoms with E-state index < -0.39 is 52.7 Å². The monoisotopic (exact) mass is 714 g/mol. The lowest BCUT2D eigenvalue weighted by atomic mass is 9.43. The predicted molar refractivity (Wildman–Crippen MR) is 189 cm³/mol. The number of ether oxygens (including phenoxy) is 3. The molecule has 16 atom stereocenters. The van der Waals surface area contributed by atoms with E-state index in [1.54, 1.807) is 27.0 Å². The quantitative estimate of drug-likeness (QED) is 0.137. The second-order valence-corrected chi connectivity index (χ2v) is 17.9. The van der Waals surface area contributed by atoms with Crippen molar-refractivity contribution in [3.05, 3.63) is 11.6 Å². The van der Waals surface area contributed by atoms with E-state index >= 15 is 0 Å². The minimum Gasteiger partial charge on any atom is -0.392 e. The van der Waals surface area contributed by atoms with Crippen LogP contribution in [-0.4, -0.2) is 119 Å². The highest BCUT2D eigenvalue weighted by Gasteiger charge is 2.76. The molecule has 2 heterocycles. The first-order valence-electron chi connectivity index (χ1n) is 19.6. The Hall–Kier alpha value is -1.43. The van der Waals surface area contributed by atoms with E-state index in [9.17, 15) is 30.3 Å². The van der Waals surface area contributed by atoms with Gasteiger partial charge in [-0.1, -0.05) is 19.8 Å². The summed E-state index contributed by atoms with van der Waals surface area (Å²) in [6, 6.07) is -0.119. The van der Waals surface area contributed by atoms with Gasteiger partial charge >= 0.3 is 0 Å². The second-order valence-electron chi connectivity index (χ2n) is 17.9. The Bertz CT molecular complexity index is 1430. The summed E-state index contributed by atoms with van der Waals surface area (Å²) in [5.41, 5.74) is -4.97. The van der Waals surface area contributed by atoms with Gasteiger partial charge in [0.05, 0.1) is 29.3 Å². The van der Waals surface area contributed by atoms with Gasteiger partial charge in [-0.15, -0.1) is 5.92 Å². The van der Waals surface area contributed by atoms with Crippen LogP contribution in [-0.2, 0) is 19.0 Å². The molecule has 7 rings (SSSR count). The molecular formula is C40H62N2O9. The summed E-state index contributed by atoms with van der Waals surface area (Å²) in [7, 11) is 1.68. The lowest BCUT2D eigenvalue weighted by Gasteiger charge is -2.62. The van der Waals surface area contributed by atoms with Crippen molar-refractivity contribution in [2.24, 2.45) is 39.9 Å². The number of rotatable bonds is 9. The maximum absolute atomic E-state index is 14.1. The molecule has 0 radical (unpaired) electrons. The maximum atomic E-state index is 14.1. The van der Waals surface area contributed by atoms with Gasteiger partial charge in [-0.2, -0.15) is 0 Å². The molecule has 11 heteroatoms. The van der Waals surface area contributed by atoms with Crippen molar-refractivity contribution in [3.8, 4) is 11.8 Å². The largest absolute Gasteiger partial charge is 0.392 e. The summed E-state index contributed by atoms with van der Waals surface area (Å²) < 4.78 is 17.9. The van der Waals surface area contributed by atoms with Gasteiger partial charge < -0.3 is 45.1 Å². The molecule has 5 aliphatic carbocycles. The number of piperidine rings is 1. The number of aliphatic hydroxyl groups is 5. The summed E-state index contributed by atoms with van der Waals surface area (Å²) in [4.78, 5) is 14.1. The number of fused-ring (bicyclic) bond motifs is 8. The maximum Gasteiger partial charge on any atom is 0.159 e. The van der Waals surface area contributed by atoms with E-state index in [1.165, 1.54) is 0 Å². The van der Waals surface area contributed by atoms with Crippen molar-refractivity contribution < 1.29 is 44.5 Å². The first-order valence-corrected chi connectivity index (χ1v) is 19.6. The van der Waals surface area contributed by atoms with Crippen molar-refractivity contribution in [2.75, 3.05) is 33.4 Å². The topological polar surface area (TPSA) is 170 Å². The van der Waals surface area contributed by atoms with E-state index in [1.807, 2.05) is 6.92 Å². The van der Waals surface area contributed by atoms with Crippen molar-refractivity contribution in [1.29, 1.82) is 0 Å². The van der Waals surface area contributed by atoms with Gasteiger partial charge in [0.1, 0.15) is 24.0 Å². The van der Waals surface area contributed by atoms with Crippen LogP contribution >= 0.6 is 0 Å². The standard InChI is InChI=1S/C40H62N2O9/c1-23(43)21-41-22-27-26-18-24-8-6-11-39(38(4,47)34(45)32(27)51-33(26)35(46)42-24)14-15-40(48)29-20-31(44)30-19-25(50-17-7-16-49-5)9-12-36(30,2)28(29)10-13-37(39,40)3/h20,23-28,30,32-35,41-43,45-48H,7-10,12-19,21-22H2,1-5H3. The SMILES string of the molecule is COCCCOC1CCC2(C)C(C1)C(=O)C=C1C2CCC2(C)C1(O)CCC21C#CCC2CC3C(CNCC(C)O)C(OC3C(O)N2)C(O)C1(C)O. The van der Waals surface area contributed by atoms with Crippen LogP contribution < -0.4 is 10.6 Å². The molecule has 0 aromatic carbocycles. The third-order valence-electron chi connectivity index (χ3n) is 15.3. The van der Waals surface area contributed by atoms with Crippen LogP contribution in [0.15, 0.2) is 11.6 Å². The van der Waals surface area contributed by atoms with E-state index in [-0.39, 0.29) is 47.0 Å². The van der Waals surface area contributed by atoms with Crippen LogP contribution in [0.25, 0.3) is 0 Å². The minimum absolute atomic E-state index is 0.0122. The van der Waals surface area contributed by atoms with Crippen molar-refractivity contribution in [2.45, 2.75) is 146 Å². The highest BCUT2D eigenvalue weighted by Crippen LogP contribution is 2.73. The number of aliphatic hydroxyl groups excluding tert-OH is 3. The van der Waals surface area contributed by atoms with Gasteiger partial charge in [-0.05, 0) is 101 Å². The summed E-state index contributed by atoms with van der Waals surface area (Å²) in [6.45, 7) is 9.67. The summed E-state index contributed by atoms with van der Waals surface area (Å²) in [6.07, 6.45) is 3.79. The van der Waals surface area contributed by atoms with Gasteiger partial charge in [0.2, 0.25) is 0 Å². The molecule has 0 aromatic heterocycles. The Morgan fingerprint density at radius 3 is 2.59 bits per heavy atom. The predicted octanol–water partition coefficient (Wildman–Crippen LogP) is 1.82. The normalized spacial score (nSPS) is 50.8. The lowest BCUT2D eigenvalue weighted by molar-refractivity contribution is -0.224. The highest BCUT2D eigenvalue weighted by molar-refractivity contribution is 5.95. The number of methoxy groups -OCH3 is 1. The molecule has 0 amide bonds. The molecule has 7 aliphatic rings.